The molecule has 0 radical (unpaired) electrons. The highest BCUT2D eigenvalue weighted by Gasteiger charge is 2.37. The van der Waals surface area contributed by atoms with Crippen LogP contribution in [0.25, 0.3) is 0 Å². The molecule has 0 fully saturated rings. The van der Waals surface area contributed by atoms with Crippen molar-refractivity contribution in [1.82, 2.24) is 5.32 Å². The molecule has 0 saturated carbocycles. The van der Waals surface area contributed by atoms with Crippen LogP contribution < -0.4 is 5.32 Å². The van der Waals surface area contributed by atoms with Crippen molar-refractivity contribution >= 4 is 11.9 Å². The lowest BCUT2D eigenvalue weighted by Crippen LogP contribution is -2.50. The van der Waals surface area contributed by atoms with E-state index >= 15 is 0 Å². The first-order chi connectivity index (χ1) is 10.2. The highest BCUT2D eigenvalue weighted by Crippen LogP contribution is 2.22. The fourth-order valence-corrected chi connectivity index (χ4v) is 1.97. The molecule has 22 heavy (non-hydrogen) atoms. The van der Waals surface area contributed by atoms with Gasteiger partial charge in [0.1, 0.15) is 11.1 Å². The zero-order chi connectivity index (χ0) is 16.8. The zero-order valence-corrected chi connectivity index (χ0v) is 13.9. The first-order valence-corrected chi connectivity index (χ1v) is 7.38. The fourth-order valence-electron chi connectivity index (χ4n) is 1.97. The van der Waals surface area contributed by atoms with Gasteiger partial charge in [-0.25, -0.2) is 4.79 Å². The van der Waals surface area contributed by atoms with E-state index in [-0.39, 0.29) is 13.2 Å². The van der Waals surface area contributed by atoms with Gasteiger partial charge < -0.3 is 9.47 Å². The molecular weight excluding hydrogens is 282 g/mol. The van der Waals surface area contributed by atoms with E-state index in [0.29, 0.717) is 0 Å². The second-order valence-corrected chi connectivity index (χ2v) is 6.15. The summed E-state index contributed by atoms with van der Waals surface area (Å²) in [6.07, 6.45) is 0. The van der Waals surface area contributed by atoms with E-state index in [1.807, 2.05) is 30.3 Å². The predicted molar refractivity (Wildman–Crippen MR) is 84.3 cm³/mol. The first-order valence-electron chi connectivity index (χ1n) is 7.38. The van der Waals surface area contributed by atoms with Crippen LogP contribution in [0.2, 0.25) is 0 Å². The topological polar surface area (TPSA) is 64.6 Å². The van der Waals surface area contributed by atoms with E-state index in [1.165, 1.54) is 0 Å². The van der Waals surface area contributed by atoms with Crippen molar-refractivity contribution in [3.8, 4) is 0 Å². The Bertz CT molecular complexity index is 507. The molecule has 0 amide bonds. The van der Waals surface area contributed by atoms with Gasteiger partial charge in [0.25, 0.3) is 0 Å². The van der Waals surface area contributed by atoms with Gasteiger partial charge in [0, 0.05) is 0 Å². The van der Waals surface area contributed by atoms with Crippen molar-refractivity contribution in [2.24, 2.45) is 0 Å². The molecule has 0 aromatic heterocycles. The second-order valence-electron chi connectivity index (χ2n) is 6.15. The maximum Gasteiger partial charge on any atom is 0.330 e. The van der Waals surface area contributed by atoms with Crippen molar-refractivity contribution in [3.63, 3.8) is 0 Å². The minimum atomic E-state index is -1.10. The molecule has 1 aromatic carbocycles. The average molecular weight is 307 g/mol. The Morgan fingerprint density at radius 3 is 2.18 bits per heavy atom. The molecule has 0 heterocycles. The van der Waals surface area contributed by atoms with Gasteiger partial charge in [-0.3, -0.25) is 10.1 Å². The molecule has 0 spiro atoms. The Morgan fingerprint density at radius 1 is 1.09 bits per heavy atom. The summed E-state index contributed by atoms with van der Waals surface area (Å²) in [7, 11) is 0. The number of carbonyl (C=O) groups is 2. The summed E-state index contributed by atoms with van der Waals surface area (Å²) in [5.41, 5.74) is -0.933. The van der Waals surface area contributed by atoms with Crippen LogP contribution in [0.1, 0.15) is 40.2 Å². The van der Waals surface area contributed by atoms with Crippen molar-refractivity contribution in [3.05, 3.63) is 35.9 Å². The molecule has 0 aliphatic carbocycles. The molecule has 1 rings (SSSR count). The summed E-state index contributed by atoms with van der Waals surface area (Å²) in [4.78, 5) is 24.2. The number of ether oxygens (including phenoxy) is 2. The second kappa shape index (κ2) is 7.40. The van der Waals surface area contributed by atoms with Crippen LogP contribution in [0.4, 0.5) is 0 Å². The van der Waals surface area contributed by atoms with Gasteiger partial charge in [-0.05, 0) is 40.2 Å². The standard InChI is InChI=1S/C17H25NO4/c1-6-21-15(20)17(5,13-10-8-7-9-11-13)18-12-14(19)22-16(2,3)4/h7-11,18H,6,12H2,1-5H3/t17-/m1/s1. The van der Waals surface area contributed by atoms with E-state index in [1.54, 1.807) is 34.6 Å². The predicted octanol–water partition coefficient (Wildman–Crippen LogP) is 2.40. The molecule has 5 heteroatoms. The lowest BCUT2D eigenvalue weighted by molar-refractivity contribution is -0.156. The summed E-state index contributed by atoms with van der Waals surface area (Å²) in [5, 5.41) is 2.97. The molecule has 5 nitrogen and oxygen atoms in total. The molecule has 0 bridgehead atoms. The van der Waals surface area contributed by atoms with Gasteiger partial charge in [0.15, 0.2) is 0 Å². The maximum absolute atomic E-state index is 12.3. The molecular formula is C17H25NO4. The quantitative estimate of drug-likeness (QED) is 0.818. The maximum atomic E-state index is 12.3. The lowest BCUT2D eigenvalue weighted by Gasteiger charge is -2.29. The Kier molecular flexibility index (Phi) is 6.11. The number of nitrogens with one attached hydrogen (secondary N) is 1. The van der Waals surface area contributed by atoms with Crippen LogP contribution >= 0.6 is 0 Å². The van der Waals surface area contributed by atoms with Gasteiger partial charge in [0.05, 0.1) is 13.2 Å². The number of esters is 2. The normalized spacial score (nSPS) is 14.0. The zero-order valence-electron chi connectivity index (χ0n) is 13.9. The fraction of sp³-hybridized carbons (Fsp3) is 0.529. The van der Waals surface area contributed by atoms with E-state index in [9.17, 15) is 9.59 Å². The first kappa shape index (κ1) is 18.2. The highest BCUT2D eigenvalue weighted by atomic mass is 16.6. The van der Waals surface area contributed by atoms with Crippen LogP contribution in [0.15, 0.2) is 30.3 Å². The number of hydrogen-bond donors (Lipinski definition) is 1. The smallest absolute Gasteiger partial charge is 0.330 e. The lowest BCUT2D eigenvalue weighted by atomic mass is 9.92. The Morgan fingerprint density at radius 2 is 1.68 bits per heavy atom. The minimum absolute atomic E-state index is 0.0819. The van der Waals surface area contributed by atoms with Crippen LogP contribution in [0, 0.1) is 0 Å². The molecule has 0 saturated heterocycles. The van der Waals surface area contributed by atoms with Crippen LogP contribution in [0.3, 0.4) is 0 Å². The highest BCUT2D eigenvalue weighted by molar-refractivity contribution is 5.83. The Labute approximate surface area is 132 Å². The third kappa shape index (κ3) is 5.15. The van der Waals surface area contributed by atoms with Crippen molar-refractivity contribution < 1.29 is 19.1 Å². The molecule has 1 atom stereocenters. The summed E-state index contributed by atoms with van der Waals surface area (Å²) in [6.45, 7) is 9.03. The average Bonchev–Trinajstić information content (AvgIpc) is 2.44. The summed E-state index contributed by atoms with van der Waals surface area (Å²) >= 11 is 0. The summed E-state index contributed by atoms with van der Waals surface area (Å²) in [6, 6.07) is 9.17. The van der Waals surface area contributed by atoms with Gasteiger partial charge in [-0.15, -0.1) is 0 Å². The molecule has 0 unspecified atom stereocenters. The largest absolute Gasteiger partial charge is 0.464 e. The van der Waals surface area contributed by atoms with Crippen molar-refractivity contribution in [2.75, 3.05) is 13.2 Å². The molecule has 0 aliphatic rings. The van der Waals surface area contributed by atoms with Crippen LogP contribution in [-0.2, 0) is 24.6 Å². The Hall–Kier alpha value is -1.88. The van der Waals surface area contributed by atoms with Gasteiger partial charge >= 0.3 is 11.9 Å². The number of carbonyl (C=O) groups excluding carboxylic acids is 2. The van der Waals surface area contributed by atoms with Gasteiger partial charge in [-0.1, -0.05) is 30.3 Å². The van der Waals surface area contributed by atoms with Crippen molar-refractivity contribution in [2.45, 2.75) is 45.8 Å². The van der Waals surface area contributed by atoms with E-state index < -0.39 is 23.1 Å². The summed E-state index contributed by atoms with van der Waals surface area (Å²) in [5.74, 6) is -0.844. The van der Waals surface area contributed by atoms with Crippen LogP contribution in [0.5, 0.6) is 0 Å². The van der Waals surface area contributed by atoms with Crippen molar-refractivity contribution in [1.29, 1.82) is 0 Å². The number of rotatable bonds is 6. The molecule has 0 aliphatic heterocycles. The van der Waals surface area contributed by atoms with Gasteiger partial charge in [-0.2, -0.15) is 0 Å². The number of hydrogen-bond acceptors (Lipinski definition) is 5. The molecule has 1 aromatic rings. The van der Waals surface area contributed by atoms with Crippen LogP contribution in [-0.4, -0.2) is 30.7 Å². The SMILES string of the molecule is CCOC(=O)[C@](C)(NCC(=O)OC(C)(C)C)c1ccccc1. The van der Waals surface area contributed by atoms with Gasteiger partial charge in [0.2, 0.25) is 0 Å². The number of benzene rings is 1. The third-order valence-electron chi connectivity index (χ3n) is 3.04. The molecule has 122 valence electrons. The van der Waals surface area contributed by atoms with E-state index in [4.69, 9.17) is 9.47 Å². The molecule has 1 N–H and O–H groups in total. The van der Waals surface area contributed by atoms with E-state index in [2.05, 4.69) is 5.32 Å². The Balaban J connectivity index is 2.89. The summed E-state index contributed by atoms with van der Waals surface area (Å²) < 4.78 is 10.4. The van der Waals surface area contributed by atoms with E-state index in [0.717, 1.165) is 5.56 Å². The minimum Gasteiger partial charge on any atom is -0.464 e. The third-order valence-corrected chi connectivity index (χ3v) is 3.04. The monoisotopic (exact) mass is 307 g/mol.